The third-order valence-corrected chi connectivity index (χ3v) is 13.3. The summed E-state index contributed by atoms with van der Waals surface area (Å²) in [6, 6.07) is 69.9. The van der Waals surface area contributed by atoms with E-state index in [4.69, 9.17) is 9.72 Å². The molecule has 5 nitrogen and oxygen atoms in total. The SMILES string of the molecule is CC(C)(C)c1cccc(-c2ccccc2-[n+]2[c-]n(-c3[c-]c(Oc4[c-]c5c(cc4)c4c(n5-c5cc(C(C)(C)C)ccn5)-c5ccccc5-c5cccc6cccc-4c56)ccc3)c3ccccc32)c1.[Pt]. The maximum Gasteiger partial charge on any atom is 0.268 e. The van der Waals surface area contributed by atoms with Crippen LogP contribution in [0.25, 0.3) is 94.5 Å². The van der Waals surface area contributed by atoms with Gasteiger partial charge in [-0.25, -0.2) is 4.98 Å². The van der Waals surface area contributed by atoms with Crippen LogP contribution in [0.15, 0.2) is 182 Å². The van der Waals surface area contributed by atoms with E-state index in [1.807, 2.05) is 24.4 Å². The zero-order chi connectivity index (χ0) is 45.6. The number of hydrogen-bond acceptors (Lipinski definition) is 2. The number of fused-ring (bicyclic) bond motifs is 8. The van der Waals surface area contributed by atoms with Gasteiger partial charge in [0, 0.05) is 50.0 Å². The number of imidazole rings is 1. The van der Waals surface area contributed by atoms with E-state index < -0.39 is 0 Å². The van der Waals surface area contributed by atoms with Gasteiger partial charge in [-0.2, -0.15) is 18.2 Å². The first kappa shape index (κ1) is 43.3. The largest absolute Gasteiger partial charge is 0.510 e. The van der Waals surface area contributed by atoms with E-state index in [0.717, 1.165) is 61.5 Å². The molecule has 1 aliphatic rings. The Morgan fingerprint density at radius 2 is 1.22 bits per heavy atom. The predicted octanol–water partition coefficient (Wildman–Crippen LogP) is 15.2. The minimum absolute atomic E-state index is 0. The van der Waals surface area contributed by atoms with Crippen molar-refractivity contribution in [2.45, 2.75) is 52.4 Å². The van der Waals surface area contributed by atoms with Gasteiger partial charge in [-0.3, -0.25) is 4.57 Å². The Kier molecular flexibility index (Phi) is 10.5. The molecule has 0 aliphatic heterocycles. The van der Waals surface area contributed by atoms with Crippen LogP contribution in [-0.2, 0) is 31.9 Å². The molecule has 334 valence electrons. The van der Waals surface area contributed by atoms with Crippen molar-refractivity contribution in [3.05, 3.63) is 212 Å². The molecule has 0 N–H and O–H groups in total. The van der Waals surface area contributed by atoms with Crippen LogP contribution in [0, 0.1) is 18.5 Å². The monoisotopic (exact) mass is 1060 g/mol. The number of hydrogen-bond donors (Lipinski definition) is 0. The molecule has 12 rings (SSSR count). The van der Waals surface area contributed by atoms with Crippen LogP contribution >= 0.6 is 0 Å². The van der Waals surface area contributed by atoms with Crippen molar-refractivity contribution in [3.63, 3.8) is 0 Å². The number of aromatic nitrogens is 4. The maximum absolute atomic E-state index is 6.80. The van der Waals surface area contributed by atoms with Gasteiger partial charge < -0.3 is 13.9 Å². The van der Waals surface area contributed by atoms with Gasteiger partial charge in [0.2, 0.25) is 0 Å². The zero-order valence-corrected chi connectivity index (χ0v) is 41.1. The molecule has 6 heteroatoms. The molecule has 0 bridgehead atoms. The maximum atomic E-state index is 6.80. The molecule has 0 spiro atoms. The topological polar surface area (TPSA) is 35.9 Å². The number of para-hydroxylation sites is 3. The number of pyridine rings is 1. The molecule has 11 aromatic rings. The summed E-state index contributed by atoms with van der Waals surface area (Å²) >= 11 is 0. The van der Waals surface area contributed by atoms with Gasteiger partial charge in [-0.15, -0.1) is 29.7 Å². The standard InChI is InChI=1S/C62H48N4O.Pt/c1-61(2,3)42-20-13-19-41(35-42)47-23-9-10-28-53(47)65-39-64(54-29-11-12-30-55(54)65)44-21-16-22-45(37-44)67-46-31-32-51-56(38-46)66(57-36-43(33-34-63-57)62(4,5)6)60-50-25-8-7-24-48(50)49-26-14-17-40-18-15-27-52(58(40)49)59(51)60;/h7-36H,1-6H3;/q-2;. The Balaban J connectivity index is 0.00000507. The van der Waals surface area contributed by atoms with Gasteiger partial charge in [-0.1, -0.05) is 174 Å². The molecule has 3 aromatic heterocycles. The first-order valence-electron chi connectivity index (χ1n) is 23.0. The first-order valence-corrected chi connectivity index (χ1v) is 23.0. The average molecular weight is 1060 g/mol. The van der Waals surface area contributed by atoms with Crippen molar-refractivity contribution < 1.29 is 30.4 Å². The van der Waals surface area contributed by atoms with Gasteiger partial charge in [-0.05, 0) is 90.0 Å². The quantitative estimate of drug-likeness (QED) is 0.123. The molecular weight excluding hydrogens is 1010 g/mol. The normalized spacial score (nSPS) is 12.1. The minimum Gasteiger partial charge on any atom is -0.510 e. The van der Waals surface area contributed by atoms with E-state index in [9.17, 15) is 0 Å². The fourth-order valence-corrected chi connectivity index (χ4v) is 9.94. The molecule has 1 aliphatic carbocycles. The van der Waals surface area contributed by atoms with Crippen LogP contribution in [0.2, 0.25) is 0 Å². The Labute approximate surface area is 412 Å². The predicted molar refractivity (Wildman–Crippen MR) is 273 cm³/mol. The van der Waals surface area contributed by atoms with Crippen molar-refractivity contribution >= 4 is 32.7 Å². The molecule has 68 heavy (non-hydrogen) atoms. The molecule has 3 heterocycles. The van der Waals surface area contributed by atoms with Crippen LogP contribution in [0.3, 0.4) is 0 Å². The molecule has 0 unspecified atom stereocenters. The van der Waals surface area contributed by atoms with Crippen molar-refractivity contribution in [1.82, 2.24) is 14.1 Å². The summed E-state index contributed by atoms with van der Waals surface area (Å²) in [6.45, 7) is 13.5. The number of benzene rings is 8. The molecular formula is C62H48N4OPt-2. The van der Waals surface area contributed by atoms with Crippen LogP contribution in [0.5, 0.6) is 11.5 Å². The summed E-state index contributed by atoms with van der Waals surface area (Å²) in [4.78, 5) is 5.09. The third kappa shape index (κ3) is 7.20. The average Bonchev–Trinajstić information content (AvgIpc) is 3.86. The molecule has 0 amide bonds. The number of ether oxygens (including phenoxy) is 1. The van der Waals surface area contributed by atoms with Gasteiger partial charge >= 0.3 is 0 Å². The fourth-order valence-electron chi connectivity index (χ4n) is 9.94. The Hall–Kier alpha value is -7.33. The number of nitrogens with zero attached hydrogens (tertiary/aromatic N) is 4. The molecule has 0 saturated carbocycles. The second-order valence-electron chi connectivity index (χ2n) is 19.7. The van der Waals surface area contributed by atoms with Gasteiger partial charge in [0.25, 0.3) is 6.33 Å². The van der Waals surface area contributed by atoms with Crippen LogP contribution in [-0.4, -0.2) is 14.1 Å². The van der Waals surface area contributed by atoms with Crippen molar-refractivity contribution in [2.75, 3.05) is 0 Å². The van der Waals surface area contributed by atoms with E-state index in [1.165, 1.54) is 44.2 Å². The van der Waals surface area contributed by atoms with Gasteiger partial charge in [0.05, 0.1) is 16.7 Å². The summed E-state index contributed by atoms with van der Waals surface area (Å²) in [6.07, 6.45) is 5.65. The van der Waals surface area contributed by atoms with Crippen LogP contribution < -0.4 is 9.30 Å². The summed E-state index contributed by atoms with van der Waals surface area (Å²) in [5.74, 6) is 1.98. The van der Waals surface area contributed by atoms with Crippen LogP contribution in [0.1, 0.15) is 52.7 Å². The molecule has 0 saturated heterocycles. The zero-order valence-electron chi connectivity index (χ0n) is 38.8. The van der Waals surface area contributed by atoms with Crippen LogP contribution in [0.4, 0.5) is 0 Å². The van der Waals surface area contributed by atoms with E-state index in [1.54, 1.807) is 0 Å². The van der Waals surface area contributed by atoms with Crippen molar-refractivity contribution in [1.29, 1.82) is 0 Å². The summed E-state index contributed by atoms with van der Waals surface area (Å²) in [5, 5.41) is 3.52. The second-order valence-corrected chi connectivity index (χ2v) is 19.7. The minimum atomic E-state index is -0.0840. The van der Waals surface area contributed by atoms with Crippen molar-refractivity contribution in [2.24, 2.45) is 0 Å². The molecule has 0 atom stereocenters. The Morgan fingerprint density at radius 3 is 2.03 bits per heavy atom. The van der Waals surface area contributed by atoms with E-state index in [2.05, 4.69) is 231 Å². The second kappa shape index (κ2) is 16.5. The first-order chi connectivity index (χ1) is 32.5. The fraction of sp³-hybridized carbons (Fsp3) is 0.129. The summed E-state index contributed by atoms with van der Waals surface area (Å²) < 4.78 is 13.3. The molecule has 0 fully saturated rings. The molecule has 0 radical (unpaired) electrons. The summed E-state index contributed by atoms with van der Waals surface area (Å²) in [7, 11) is 0. The van der Waals surface area contributed by atoms with E-state index >= 15 is 0 Å². The Bertz CT molecular complexity index is 3760. The van der Waals surface area contributed by atoms with Gasteiger partial charge in [0.1, 0.15) is 5.82 Å². The van der Waals surface area contributed by atoms with E-state index in [0.29, 0.717) is 11.5 Å². The van der Waals surface area contributed by atoms with Gasteiger partial charge in [0.15, 0.2) is 0 Å². The van der Waals surface area contributed by atoms with Crippen molar-refractivity contribution in [3.8, 4) is 73.3 Å². The molecule has 8 aromatic carbocycles. The van der Waals surface area contributed by atoms with E-state index in [-0.39, 0.29) is 31.9 Å². The summed E-state index contributed by atoms with van der Waals surface area (Å²) in [5.41, 5.74) is 16.5. The smallest absolute Gasteiger partial charge is 0.268 e. The third-order valence-electron chi connectivity index (χ3n) is 13.3. The number of rotatable bonds is 6. The Morgan fingerprint density at radius 1 is 0.559 bits per heavy atom.